The maximum absolute atomic E-state index is 14.6. The second-order valence-electron chi connectivity index (χ2n) is 20.0. The average molecular weight is 1130 g/mol. The first-order valence-electron chi connectivity index (χ1n) is 24.8. The number of hydrogen-bond acceptors (Lipinski definition) is 12. The molecule has 0 radical (unpaired) electrons. The van der Waals surface area contributed by atoms with Gasteiger partial charge in [-0.15, -0.1) is 11.3 Å². The number of unbranched alkanes of at least 4 members (excludes halogenated alkanes) is 2. The summed E-state index contributed by atoms with van der Waals surface area (Å²) in [5, 5.41) is 30.4. The summed E-state index contributed by atoms with van der Waals surface area (Å²) in [6, 6.07) is 9.72. The standard InChI is InChI=1S/C53H60ClF7N6O9S/c1-30-45(77-29-63-30)32-9-10-33(27-62-47(70)39-25-34(68)28-67(39)48(71)46(50(2,3)4)64-49(72)51(55)15-16-51)41(24-32)76-22-21-74-20-19-73-17-7-6-8-18-75-40-14-12-35(38-26-42(53(59,60)61)65-66(38)5)44(69)43(40)31-11-13-37(54)36(23-31)52(56,57)58/h9-14,23-24,26,29,34,39,46,68-69H,6-8,15-22,25,27-28H2,1-5H3,(H,62,70)(H,64,72)/t34-,39+,46-/m1/s1. The van der Waals surface area contributed by atoms with Crippen molar-refractivity contribution < 1.29 is 74.3 Å². The first-order chi connectivity index (χ1) is 36.3. The number of likely N-dealkylation sites (tertiary alicyclic amines) is 1. The quantitative estimate of drug-likeness (QED) is 0.0360. The fourth-order valence-electron chi connectivity index (χ4n) is 8.71. The SMILES string of the molecule is Cc1ncsc1-c1ccc(CNC(=O)[C@@H]2C[C@@H](O)CN2C(=O)[C@@H](NC(=O)C2(F)CC2)C(C)(C)C)c(OCCOCCOCCCCCOc2ccc(-c3cc(C(F)(F)F)nn3C)c(O)c2-c2ccc(Cl)c(C(F)(F)F)c2)c1. The number of phenolic OH excluding ortho intramolecular Hbond substituents is 1. The number of halogens is 8. The first kappa shape index (κ1) is 58.7. The molecule has 2 fully saturated rings. The Kier molecular flexibility index (Phi) is 18.5. The number of nitrogens with one attached hydrogen (secondary N) is 2. The lowest BCUT2D eigenvalue weighted by Gasteiger charge is -2.35. The third-order valence-corrected chi connectivity index (χ3v) is 14.4. The van der Waals surface area contributed by atoms with Crippen molar-refractivity contribution >= 4 is 40.7 Å². The number of amides is 3. The molecule has 1 saturated heterocycles. The van der Waals surface area contributed by atoms with Gasteiger partial charge < -0.3 is 44.7 Å². The fourth-order valence-corrected chi connectivity index (χ4v) is 9.73. The summed E-state index contributed by atoms with van der Waals surface area (Å²) in [7, 11) is 1.24. The van der Waals surface area contributed by atoms with Gasteiger partial charge in [-0.2, -0.15) is 31.4 Å². The molecule has 3 heterocycles. The van der Waals surface area contributed by atoms with Gasteiger partial charge in [0.1, 0.15) is 35.9 Å². The Morgan fingerprint density at radius 2 is 1.55 bits per heavy atom. The van der Waals surface area contributed by atoms with E-state index in [-0.39, 0.29) is 93.5 Å². The molecular formula is C53H60ClF7N6O9S. The number of aryl methyl sites for hydroxylation is 2. The van der Waals surface area contributed by atoms with E-state index in [0.717, 1.165) is 39.0 Å². The van der Waals surface area contributed by atoms with Gasteiger partial charge in [-0.3, -0.25) is 19.1 Å². The summed E-state index contributed by atoms with van der Waals surface area (Å²) >= 11 is 7.32. The summed E-state index contributed by atoms with van der Waals surface area (Å²) in [5.74, 6) is -2.15. The van der Waals surface area contributed by atoms with Gasteiger partial charge in [0.2, 0.25) is 11.8 Å². The lowest BCUT2D eigenvalue weighted by molar-refractivity contribution is -0.145. The Balaban J connectivity index is 0.876. The number of rotatable bonds is 23. The molecule has 4 N–H and O–H groups in total. The van der Waals surface area contributed by atoms with Gasteiger partial charge >= 0.3 is 12.4 Å². The number of alkyl halides is 7. The largest absolute Gasteiger partial charge is 0.506 e. The highest BCUT2D eigenvalue weighted by atomic mass is 35.5. The van der Waals surface area contributed by atoms with Crippen molar-refractivity contribution in [3.05, 3.63) is 87.6 Å². The molecule has 24 heteroatoms. The van der Waals surface area contributed by atoms with Gasteiger partial charge in [-0.1, -0.05) is 50.6 Å². The molecule has 1 saturated carbocycles. The van der Waals surface area contributed by atoms with E-state index in [0.29, 0.717) is 37.2 Å². The van der Waals surface area contributed by atoms with Crippen LogP contribution in [-0.4, -0.2) is 118 Å². The Morgan fingerprint density at radius 1 is 0.870 bits per heavy atom. The van der Waals surface area contributed by atoms with Crippen LogP contribution in [0.5, 0.6) is 17.2 Å². The number of hydrogen-bond donors (Lipinski definition) is 4. The van der Waals surface area contributed by atoms with E-state index in [1.807, 2.05) is 25.1 Å². The van der Waals surface area contributed by atoms with Crippen LogP contribution in [-0.2, 0) is 49.8 Å². The van der Waals surface area contributed by atoms with Crippen LogP contribution < -0.4 is 20.1 Å². The molecule has 1 aliphatic carbocycles. The van der Waals surface area contributed by atoms with Crippen LogP contribution in [0.2, 0.25) is 5.02 Å². The number of benzene rings is 3. The molecular weight excluding hydrogens is 1070 g/mol. The van der Waals surface area contributed by atoms with E-state index >= 15 is 0 Å². The van der Waals surface area contributed by atoms with Gasteiger partial charge in [0.15, 0.2) is 11.4 Å². The number of carbonyl (C=O) groups is 3. The molecule has 3 amide bonds. The monoisotopic (exact) mass is 1120 g/mol. The molecule has 77 heavy (non-hydrogen) atoms. The van der Waals surface area contributed by atoms with Crippen LogP contribution in [0, 0.1) is 12.3 Å². The molecule has 3 aromatic carbocycles. The number of aromatic hydroxyl groups is 1. The highest BCUT2D eigenvalue weighted by Crippen LogP contribution is 2.47. The van der Waals surface area contributed by atoms with Crippen molar-refractivity contribution in [2.24, 2.45) is 12.5 Å². The third kappa shape index (κ3) is 14.6. The zero-order chi connectivity index (χ0) is 56.0. The lowest BCUT2D eigenvalue weighted by atomic mass is 9.85. The van der Waals surface area contributed by atoms with Crippen molar-refractivity contribution in [2.45, 2.75) is 109 Å². The topological polar surface area (TPSA) is 187 Å². The van der Waals surface area contributed by atoms with E-state index in [1.165, 1.54) is 41.5 Å². The van der Waals surface area contributed by atoms with E-state index in [9.17, 15) is 55.3 Å². The number of β-amino-alcohol motifs (C(OH)–C–C–N with tert-alkyl or cyclic N) is 1. The van der Waals surface area contributed by atoms with Gasteiger partial charge in [0.05, 0.1) is 70.5 Å². The number of aliphatic hydroxyl groups is 1. The predicted molar refractivity (Wildman–Crippen MR) is 272 cm³/mol. The molecule has 3 atom stereocenters. The number of phenols is 1. The molecule has 418 valence electrons. The number of ether oxygens (including phenoxy) is 4. The van der Waals surface area contributed by atoms with E-state index < -0.39 is 81.4 Å². The number of aromatic nitrogens is 3. The molecule has 0 bridgehead atoms. The average Bonchev–Trinajstić information content (AvgIpc) is 3.61. The van der Waals surface area contributed by atoms with Crippen LogP contribution in [0.3, 0.4) is 0 Å². The van der Waals surface area contributed by atoms with Crippen LogP contribution in [0.1, 0.15) is 81.8 Å². The Hall–Kier alpha value is -6.01. The number of carbonyl (C=O) groups excluding carboxylic acids is 3. The predicted octanol–water partition coefficient (Wildman–Crippen LogP) is 9.85. The first-order valence-corrected chi connectivity index (χ1v) is 26.1. The van der Waals surface area contributed by atoms with E-state index in [4.69, 9.17) is 30.5 Å². The Morgan fingerprint density at radius 3 is 2.19 bits per heavy atom. The van der Waals surface area contributed by atoms with E-state index in [2.05, 4.69) is 20.7 Å². The Labute approximate surface area is 449 Å². The zero-order valence-corrected chi connectivity index (χ0v) is 44.5. The molecule has 0 spiro atoms. The second-order valence-corrected chi connectivity index (χ2v) is 21.2. The van der Waals surface area contributed by atoms with Gasteiger partial charge in [-0.25, -0.2) is 9.37 Å². The molecule has 7 rings (SSSR count). The summed E-state index contributed by atoms with van der Waals surface area (Å²) in [5.41, 5.74) is -1.78. The minimum Gasteiger partial charge on any atom is -0.506 e. The minimum atomic E-state index is -4.85. The normalized spacial score (nSPS) is 16.8. The van der Waals surface area contributed by atoms with Crippen LogP contribution in [0.15, 0.2) is 60.1 Å². The van der Waals surface area contributed by atoms with Crippen molar-refractivity contribution in [1.82, 2.24) is 30.3 Å². The summed E-state index contributed by atoms with van der Waals surface area (Å²) in [4.78, 5) is 46.9. The zero-order valence-electron chi connectivity index (χ0n) is 42.9. The third-order valence-electron chi connectivity index (χ3n) is 13.1. The van der Waals surface area contributed by atoms with Crippen molar-refractivity contribution in [1.29, 1.82) is 0 Å². The molecule has 0 unspecified atom stereocenters. The second kappa shape index (κ2) is 24.3. The van der Waals surface area contributed by atoms with Gasteiger partial charge in [-0.05, 0) is 92.0 Å². The highest BCUT2D eigenvalue weighted by molar-refractivity contribution is 7.13. The van der Waals surface area contributed by atoms with E-state index in [1.54, 1.807) is 26.3 Å². The summed E-state index contributed by atoms with van der Waals surface area (Å²) in [6.07, 6.45) is -8.82. The summed E-state index contributed by atoms with van der Waals surface area (Å²) in [6.45, 7) is 8.20. The lowest BCUT2D eigenvalue weighted by Crippen LogP contribution is -2.59. The molecule has 15 nitrogen and oxygen atoms in total. The molecule has 1 aliphatic heterocycles. The maximum atomic E-state index is 14.6. The van der Waals surface area contributed by atoms with Crippen molar-refractivity contribution in [3.63, 3.8) is 0 Å². The van der Waals surface area contributed by atoms with Gasteiger partial charge in [0, 0.05) is 44.3 Å². The number of thiazole rings is 1. The smallest absolute Gasteiger partial charge is 0.435 e. The van der Waals surface area contributed by atoms with Crippen molar-refractivity contribution in [2.75, 3.05) is 46.2 Å². The fraction of sp³-hybridized carbons (Fsp3) is 0.491. The number of nitrogens with zero attached hydrogens (tertiary/aromatic N) is 4. The molecule has 5 aromatic rings. The molecule has 2 aromatic heterocycles. The minimum absolute atomic E-state index is 0.00643. The number of aliphatic hydroxyl groups excluding tert-OH is 1. The molecule has 2 aliphatic rings. The van der Waals surface area contributed by atoms with Crippen LogP contribution >= 0.6 is 22.9 Å². The van der Waals surface area contributed by atoms with Gasteiger partial charge in [0.25, 0.3) is 5.91 Å². The Bertz CT molecular complexity index is 2910. The maximum Gasteiger partial charge on any atom is 0.435 e. The van der Waals surface area contributed by atoms with Crippen LogP contribution in [0.4, 0.5) is 30.7 Å². The van der Waals surface area contributed by atoms with Crippen molar-refractivity contribution in [3.8, 4) is 50.1 Å². The summed E-state index contributed by atoms with van der Waals surface area (Å²) < 4.78 is 121. The highest BCUT2D eigenvalue weighted by Gasteiger charge is 2.53. The van der Waals surface area contributed by atoms with Crippen LogP contribution in [0.25, 0.3) is 32.8 Å².